The van der Waals surface area contributed by atoms with Crippen LogP contribution in [0.2, 0.25) is 0 Å². The van der Waals surface area contributed by atoms with Crippen molar-refractivity contribution in [2.24, 2.45) is 17.8 Å². The minimum absolute atomic E-state index is 0.00622. The first-order chi connectivity index (χ1) is 25.6. The molecule has 0 spiro atoms. The second-order valence-corrected chi connectivity index (χ2v) is 17.3. The lowest BCUT2D eigenvalue weighted by Crippen LogP contribution is -2.57. The monoisotopic (exact) mass is 775 g/mol. The van der Waals surface area contributed by atoms with E-state index in [1.165, 1.54) is 26.4 Å². The molecule has 53 heavy (non-hydrogen) atoms. The highest BCUT2D eigenvalue weighted by atomic mass is 32.2. The number of halogens is 1. The number of amides is 3. The molecule has 8 atom stereocenters. The summed E-state index contributed by atoms with van der Waals surface area (Å²) in [5.41, 5.74) is 0.655. The van der Waals surface area contributed by atoms with Crippen LogP contribution in [0.1, 0.15) is 96.0 Å². The van der Waals surface area contributed by atoms with Crippen LogP contribution in [0, 0.1) is 23.6 Å². The van der Waals surface area contributed by atoms with E-state index < -0.39 is 53.6 Å². The third-order valence-corrected chi connectivity index (χ3v) is 13.8. The van der Waals surface area contributed by atoms with Crippen LogP contribution in [0.4, 0.5) is 4.39 Å². The molecule has 4 heterocycles. The highest BCUT2D eigenvalue weighted by Crippen LogP contribution is 2.38. The minimum atomic E-state index is -0.777. The first kappa shape index (κ1) is 41.0. The summed E-state index contributed by atoms with van der Waals surface area (Å²) in [5.74, 6) is -2.47. The summed E-state index contributed by atoms with van der Waals surface area (Å²) in [4.78, 5) is 84.6. The van der Waals surface area contributed by atoms with Gasteiger partial charge in [0.25, 0.3) is 0 Å². The van der Waals surface area contributed by atoms with Crippen molar-refractivity contribution in [2.75, 3.05) is 25.7 Å². The van der Waals surface area contributed by atoms with Crippen molar-refractivity contribution < 1.29 is 42.6 Å². The van der Waals surface area contributed by atoms with Gasteiger partial charge < -0.3 is 24.6 Å². The summed E-state index contributed by atoms with van der Waals surface area (Å²) >= 11 is 3.27. The van der Waals surface area contributed by atoms with Crippen LogP contribution in [-0.4, -0.2) is 99.8 Å². The molecule has 11 nitrogen and oxygen atoms in total. The number of nitrogens with zero attached hydrogens (tertiary/aromatic N) is 2. The van der Waals surface area contributed by atoms with Gasteiger partial charge in [-0.1, -0.05) is 25.5 Å². The molecular formula is C39H54FN3O8S2. The molecule has 0 unspecified atom stereocenters. The van der Waals surface area contributed by atoms with E-state index in [1.54, 1.807) is 45.5 Å². The third-order valence-electron chi connectivity index (χ3n) is 11.2. The predicted octanol–water partition coefficient (Wildman–Crippen LogP) is 5.28. The van der Waals surface area contributed by atoms with Gasteiger partial charge in [-0.25, -0.2) is 14.0 Å². The summed E-state index contributed by atoms with van der Waals surface area (Å²) in [6.45, 7) is 1.98. The van der Waals surface area contributed by atoms with Crippen LogP contribution in [0.3, 0.4) is 0 Å². The number of esters is 2. The number of benzene rings is 1. The zero-order valence-electron chi connectivity index (χ0n) is 31.1. The number of hydrogen-bond donors (Lipinski definition) is 1. The lowest BCUT2D eigenvalue weighted by Gasteiger charge is -2.40. The van der Waals surface area contributed by atoms with Crippen LogP contribution >= 0.6 is 23.5 Å². The molecule has 14 heteroatoms. The first-order valence-electron chi connectivity index (χ1n) is 19.2. The number of ether oxygens (including phenoxy) is 2. The molecule has 1 aromatic rings. The molecule has 0 radical (unpaired) electrons. The van der Waals surface area contributed by atoms with E-state index in [9.17, 15) is 33.2 Å². The van der Waals surface area contributed by atoms with Crippen molar-refractivity contribution in [3.8, 4) is 0 Å². The van der Waals surface area contributed by atoms with E-state index in [1.807, 2.05) is 6.92 Å². The van der Waals surface area contributed by atoms with Crippen molar-refractivity contribution in [3.63, 3.8) is 0 Å². The molecule has 3 amide bonds. The molecule has 4 saturated heterocycles. The Bertz CT molecular complexity index is 1500. The molecule has 0 bridgehead atoms. The van der Waals surface area contributed by atoms with Gasteiger partial charge in [0.05, 0.1) is 25.0 Å². The van der Waals surface area contributed by atoms with E-state index in [4.69, 9.17) is 9.47 Å². The molecule has 1 aromatic carbocycles. The fourth-order valence-electron chi connectivity index (χ4n) is 8.39. The quantitative estimate of drug-likeness (QED) is 0.249. The maximum Gasteiger partial charge on any atom is 0.328 e. The van der Waals surface area contributed by atoms with E-state index in [-0.39, 0.29) is 47.1 Å². The minimum Gasteiger partial charge on any atom is -0.467 e. The number of nitrogens with one attached hydrogen (secondary N) is 1. The Kier molecular flexibility index (Phi) is 15.1. The van der Waals surface area contributed by atoms with Crippen molar-refractivity contribution in [1.29, 1.82) is 0 Å². The summed E-state index contributed by atoms with van der Waals surface area (Å²) in [7, 11) is 2.64. The number of thioether (sulfide) groups is 2. The lowest BCUT2D eigenvalue weighted by molar-refractivity contribution is -0.157. The molecule has 4 aliphatic heterocycles. The topological polar surface area (TPSA) is 139 Å². The summed E-state index contributed by atoms with van der Waals surface area (Å²) in [5, 5.41) is 2.74. The Morgan fingerprint density at radius 2 is 1.43 bits per heavy atom. The van der Waals surface area contributed by atoms with Gasteiger partial charge in [0.2, 0.25) is 17.7 Å². The van der Waals surface area contributed by atoms with Gasteiger partial charge in [0.15, 0.2) is 0 Å². The molecule has 5 rings (SSSR count). The number of hydrogen-bond acceptors (Lipinski definition) is 10. The maximum atomic E-state index is 14.3. The first-order valence-corrected chi connectivity index (χ1v) is 21.3. The second kappa shape index (κ2) is 19.5. The standard InChI is InChI=1S/C39H54FN3O8S2/c1-4-8-25(35(45)41-29-18-20-53-34-14-7-12-31(39(49)51-3)43(34)37(29)47)15-16-26(21-24-9-5-10-28(40)22-24)32(44)23-27-17-19-52-33-13-6-11-30(38(48)50-2)42(33)36(27)46/h5,9-10,22,25-27,29-31,33-34H,4,6-8,11-21,23H2,1-3H3,(H,41,45)/t25-,26+,27+,29-,30-,31-,33-,34-/m0/s1. The molecule has 0 aliphatic carbocycles. The second-order valence-electron chi connectivity index (χ2n) is 14.7. The SMILES string of the molecule is CCC[C@@H](CC[C@H](Cc1cccc(F)c1)C(=O)C[C@H]1CCS[C@H]2CCC[C@@H](C(=O)OC)N2C1=O)C(=O)N[C@H]1CCS[C@H]2CCC[C@@H](C(=O)OC)N2C1=O. The number of rotatable bonds is 14. The average molecular weight is 776 g/mol. The van der Waals surface area contributed by atoms with Gasteiger partial charge in [-0.2, -0.15) is 0 Å². The Morgan fingerprint density at radius 3 is 2.04 bits per heavy atom. The predicted molar refractivity (Wildman–Crippen MR) is 201 cm³/mol. The van der Waals surface area contributed by atoms with Crippen LogP contribution in [0.15, 0.2) is 24.3 Å². The van der Waals surface area contributed by atoms with E-state index in [0.29, 0.717) is 68.4 Å². The number of fused-ring (bicyclic) bond motifs is 2. The van der Waals surface area contributed by atoms with Crippen molar-refractivity contribution in [2.45, 2.75) is 126 Å². The number of piperidine rings is 2. The number of methoxy groups -OCH3 is 2. The summed E-state index contributed by atoms with van der Waals surface area (Å²) < 4.78 is 24.3. The van der Waals surface area contributed by atoms with Gasteiger partial charge in [-0.15, -0.1) is 23.5 Å². The van der Waals surface area contributed by atoms with Crippen LogP contribution in [0.5, 0.6) is 0 Å². The molecular weight excluding hydrogens is 722 g/mol. The van der Waals surface area contributed by atoms with Crippen LogP contribution in [-0.2, 0) is 44.7 Å². The molecule has 0 saturated carbocycles. The van der Waals surface area contributed by atoms with Gasteiger partial charge >= 0.3 is 11.9 Å². The third kappa shape index (κ3) is 10.1. The van der Waals surface area contributed by atoms with Crippen molar-refractivity contribution >= 4 is 59.0 Å². The molecule has 0 aromatic heterocycles. The number of ketones is 1. The maximum absolute atomic E-state index is 14.3. The Balaban J connectivity index is 1.30. The zero-order valence-corrected chi connectivity index (χ0v) is 32.7. The molecule has 292 valence electrons. The highest BCUT2D eigenvalue weighted by Gasteiger charge is 2.45. The fourth-order valence-corrected chi connectivity index (χ4v) is 11.2. The summed E-state index contributed by atoms with van der Waals surface area (Å²) in [6.07, 6.45) is 7.39. The fraction of sp³-hybridized carbons (Fsp3) is 0.692. The zero-order chi connectivity index (χ0) is 38.1. The molecule has 1 N–H and O–H groups in total. The number of carbonyl (C=O) groups excluding carboxylic acids is 6. The van der Waals surface area contributed by atoms with Crippen molar-refractivity contribution in [1.82, 2.24) is 15.1 Å². The Morgan fingerprint density at radius 1 is 0.830 bits per heavy atom. The average Bonchev–Trinajstić information content (AvgIpc) is 3.42. The largest absolute Gasteiger partial charge is 0.467 e. The Labute approximate surface area is 320 Å². The lowest BCUT2D eigenvalue weighted by atomic mass is 9.82. The smallest absolute Gasteiger partial charge is 0.328 e. The van der Waals surface area contributed by atoms with E-state index in [0.717, 1.165) is 25.7 Å². The number of carbonyl (C=O) groups is 6. The van der Waals surface area contributed by atoms with Crippen LogP contribution in [0.25, 0.3) is 0 Å². The number of Topliss-reactive ketones (excluding diaryl/α,β-unsaturated/α-hetero) is 1. The van der Waals surface area contributed by atoms with Gasteiger partial charge in [-0.05, 0) is 106 Å². The van der Waals surface area contributed by atoms with E-state index in [2.05, 4.69) is 5.32 Å². The Hall–Kier alpha value is -3.13. The molecule has 4 fully saturated rings. The highest BCUT2D eigenvalue weighted by molar-refractivity contribution is 8.00. The van der Waals surface area contributed by atoms with E-state index >= 15 is 0 Å². The van der Waals surface area contributed by atoms with Gasteiger partial charge in [0, 0.05) is 24.2 Å². The van der Waals surface area contributed by atoms with Gasteiger partial charge in [0.1, 0.15) is 29.7 Å². The van der Waals surface area contributed by atoms with Crippen LogP contribution < -0.4 is 5.32 Å². The normalized spacial score (nSPS) is 27.3. The van der Waals surface area contributed by atoms with Crippen molar-refractivity contribution in [3.05, 3.63) is 35.6 Å². The van der Waals surface area contributed by atoms with Gasteiger partial charge in [-0.3, -0.25) is 19.2 Å². The summed E-state index contributed by atoms with van der Waals surface area (Å²) in [6, 6.07) is 4.02. The molecule has 4 aliphatic rings.